The number of amides is 1. The van der Waals surface area contributed by atoms with Gasteiger partial charge < -0.3 is 26.4 Å². The van der Waals surface area contributed by atoms with Gasteiger partial charge in [0.2, 0.25) is 5.91 Å². The molecule has 154 valence electrons. The number of ether oxygens (including phenoxy) is 1. The van der Waals surface area contributed by atoms with Gasteiger partial charge in [0, 0.05) is 26.2 Å². The van der Waals surface area contributed by atoms with Crippen molar-refractivity contribution in [1.82, 2.24) is 31.7 Å². The van der Waals surface area contributed by atoms with Crippen molar-refractivity contribution in [2.45, 2.75) is 56.0 Å². The number of nitrogens with one attached hydrogen (secondary N) is 5. The maximum atomic E-state index is 13.6. The van der Waals surface area contributed by atoms with Gasteiger partial charge in [-0.25, -0.2) is 14.8 Å². The molecule has 0 radical (unpaired) electrons. The number of hydrazine groups is 1. The first-order chi connectivity index (χ1) is 13.1. The van der Waals surface area contributed by atoms with Crippen LogP contribution >= 0.6 is 0 Å². The Morgan fingerprint density at radius 3 is 2.85 bits per heavy atom. The van der Waals surface area contributed by atoms with Crippen LogP contribution in [0.5, 0.6) is 0 Å². The third-order valence-corrected chi connectivity index (χ3v) is 5.99. The first-order valence-electron chi connectivity index (χ1n) is 10.1. The van der Waals surface area contributed by atoms with Crippen LogP contribution in [0.1, 0.15) is 19.3 Å². The Morgan fingerprint density at radius 1 is 1.19 bits per heavy atom. The summed E-state index contributed by atoms with van der Waals surface area (Å²) in [6.07, 6.45) is 1.45. The molecule has 0 saturated carbocycles. The zero-order valence-electron chi connectivity index (χ0n) is 15.6. The summed E-state index contributed by atoms with van der Waals surface area (Å²) in [5, 5.41) is 14.7. The van der Waals surface area contributed by atoms with E-state index in [0.29, 0.717) is 6.54 Å². The number of piperidine rings is 2. The number of alkyl halides is 1. The molecular weight excluding hydrogens is 353 g/mol. The van der Waals surface area contributed by atoms with Crippen molar-refractivity contribution >= 4 is 5.91 Å². The standard InChI is InChI=1S/C17H32FN7O2/c18-10-6-22-16-14(15(19)24-25(16)9-10)17(26)23-12-8-21-5-3-13(12)27-11-2-1-4-20-7-11/h10-16,20-22,24H,1-9,19H2,(H,23,26)/t10?,11-,12?,13?,14?,15?,16?/m0/s1. The molecule has 4 aliphatic rings. The van der Waals surface area contributed by atoms with Crippen LogP contribution in [0.4, 0.5) is 4.39 Å². The van der Waals surface area contributed by atoms with Crippen LogP contribution in [0.2, 0.25) is 0 Å². The Bertz CT molecular complexity index is 522. The third kappa shape index (κ3) is 4.42. The number of halogens is 1. The van der Waals surface area contributed by atoms with Crippen LogP contribution in [0.3, 0.4) is 0 Å². The largest absolute Gasteiger partial charge is 0.371 e. The van der Waals surface area contributed by atoms with E-state index in [-0.39, 0.29) is 43.4 Å². The summed E-state index contributed by atoms with van der Waals surface area (Å²) < 4.78 is 19.9. The highest BCUT2D eigenvalue weighted by atomic mass is 19.1. The predicted molar refractivity (Wildman–Crippen MR) is 98.2 cm³/mol. The smallest absolute Gasteiger partial charge is 0.229 e. The van der Waals surface area contributed by atoms with Gasteiger partial charge in [0.05, 0.1) is 36.5 Å². The van der Waals surface area contributed by atoms with Crippen molar-refractivity contribution in [3.05, 3.63) is 0 Å². The summed E-state index contributed by atoms with van der Waals surface area (Å²) >= 11 is 0. The number of carbonyl (C=O) groups excluding carboxylic acids is 1. The van der Waals surface area contributed by atoms with E-state index in [4.69, 9.17) is 10.5 Å². The topological polar surface area (TPSA) is 116 Å². The Kier molecular flexibility index (Phi) is 6.22. The molecule has 1 amide bonds. The number of hydrogen-bond acceptors (Lipinski definition) is 8. The second kappa shape index (κ2) is 8.64. The van der Waals surface area contributed by atoms with Crippen molar-refractivity contribution in [2.24, 2.45) is 11.7 Å². The molecule has 10 heteroatoms. The average Bonchev–Trinajstić information content (AvgIpc) is 2.99. The summed E-state index contributed by atoms with van der Waals surface area (Å²) in [5.41, 5.74) is 9.17. The molecule has 0 aromatic heterocycles. The van der Waals surface area contributed by atoms with Crippen LogP contribution in [0.25, 0.3) is 0 Å². The zero-order chi connectivity index (χ0) is 18.8. The summed E-state index contributed by atoms with van der Waals surface area (Å²) in [5.74, 6) is -0.590. The van der Waals surface area contributed by atoms with Gasteiger partial charge in [0.1, 0.15) is 6.17 Å². The zero-order valence-corrected chi connectivity index (χ0v) is 15.6. The molecule has 0 aliphatic carbocycles. The Labute approximate surface area is 159 Å². The SMILES string of the molecule is NC1NN2CC(F)CNC2C1C(=O)NC1CNCCC1O[C@H]1CCCNC1. The second-order valence-corrected chi connectivity index (χ2v) is 8.03. The molecule has 0 aromatic rings. The van der Waals surface area contributed by atoms with E-state index in [1.165, 1.54) is 0 Å². The Balaban J connectivity index is 1.36. The molecule has 7 atom stereocenters. The molecule has 4 aliphatic heterocycles. The highest BCUT2D eigenvalue weighted by molar-refractivity contribution is 5.80. The molecule has 7 N–H and O–H groups in total. The fraction of sp³-hybridized carbons (Fsp3) is 0.941. The molecule has 27 heavy (non-hydrogen) atoms. The van der Waals surface area contributed by atoms with E-state index >= 15 is 0 Å². The predicted octanol–water partition coefficient (Wildman–Crippen LogP) is -2.41. The highest BCUT2D eigenvalue weighted by Crippen LogP contribution is 2.23. The number of fused-ring (bicyclic) bond motifs is 1. The molecule has 0 aromatic carbocycles. The normalized spacial score (nSPS) is 43.3. The minimum absolute atomic E-state index is 0.00340. The molecule has 6 unspecified atom stereocenters. The van der Waals surface area contributed by atoms with Crippen LogP contribution < -0.4 is 32.4 Å². The second-order valence-electron chi connectivity index (χ2n) is 8.03. The summed E-state index contributed by atoms with van der Waals surface area (Å²) in [7, 11) is 0. The van der Waals surface area contributed by atoms with Crippen LogP contribution in [-0.4, -0.2) is 86.9 Å². The van der Waals surface area contributed by atoms with Crippen molar-refractivity contribution in [3.63, 3.8) is 0 Å². The lowest BCUT2D eigenvalue weighted by Crippen LogP contribution is -2.61. The summed E-state index contributed by atoms with van der Waals surface area (Å²) in [6.45, 7) is 3.96. The number of rotatable bonds is 4. The van der Waals surface area contributed by atoms with E-state index < -0.39 is 18.3 Å². The lowest BCUT2D eigenvalue weighted by Gasteiger charge is -2.38. The number of hydrogen-bond donors (Lipinski definition) is 6. The van der Waals surface area contributed by atoms with Gasteiger partial charge in [-0.05, 0) is 32.4 Å². The summed E-state index contributed by atoms with van der Waals surface area (Å²) in [4.78, 5) is 13.0. The molecule has 9 nitrogen and oxygen atoms in total. The molecular formula is C17H32FN7O2. The monoisotopic (exact) mass is 385 g/mol. The Hall–Kier alpha value is -0.880. The minimum Gasteiger partial charge on any atom is -0.371 e. The van der Waals surface area contributed by atoms with E-state index in [0.717, 1.165) is 38.9 Å². The van der Waals surface area contributed by atoms with Gasteiger partial charge in [-0.1, -0.05) is 0 Å². The van der Waals surface area contributed by atoms with E-state index in [9.17, 15) is 9.18 Å². The fourth-order valence-corrected chi connectivity index (χ4v) is 4.58. The summed E-state index contributed by atoms with van der Waals surface area (Å²) in [6, 6.07) is -0.0908. The number of nitrogens with two attached hydrogens (primary N) is 1. The fourth-order valence-electron chi connectivity index (χ4n) is 4.58. The van der Waals surface area contributed by atoms with E-state index in [1.54, 1.807) is 5.01 Å². The van der Waals surface area contributed by atoms with Crippen molar-refractivity contribution in [3.8, 4) is 0 Å². The first-order valence-corrected chi connectivity index (χ1v) is 10.1. The maximum absolute atomic E-state index is 13.6. The van der Waals surface area contributed by atoms with Gasteiger partial charge >= 0.3 is 0 Å². The van der Waals surface area contributed by atoms with Crippen molar-refractivity contribution in [1.29, 1.82) is 0 Å². The van der Waals surface area contributed by atoms with Gasteiger partial charge in [-0.15, -0.1) is 0 Å². The highest BCUT2D eigenvalue weighted by Gasteiger charge is 2.47. The van der Waals surface area contributed by atoms with Gasteiger partial charge in [-0.2, -0.15) is 0 Å². The van der Waals surface area contributed by atoms with Crippen molar-refractivity contribution < 1.29 is 13.9 Å². The maximum Gasteiger partial charge on any atom is 0.229 e. The number of carbonyl (C=O) groups is 1. The lowest BCUT2D eigenvalue weighted by molar-refractivity contribution is -0.130. The molecule has 0 spiro atoms. The van der Waals surface area contributed by atoms with Crippen LogP contribution in [-0.2, 0) is 9.53 Å². The molecule has 4 heterocycles. The van der Waals surface area contributed by atoms with Gasteiger partial charge in [-0.3, -0.25) is 10.1 Å². The number of nitrogens with zero attached hydrogens (tertiary/aromatic N) is 1. The Morgan fingerprint density at radius 2 is 2.04 bits per heavy atom. The first kappa shape index (κ1) is 19.4. The molecule has 0 bridgehead atoms. The van der Waals surface area contributed by atoms with Crippen LogP contribution in [0.15, 0.2) is 0 Å². The minimum atomic E-state index is -0.966. The quantitative estimate of drug-likeness (QED) is 0.317. The van der Waals surface area contributed by atoms with Crippen molar-refractivity contribution in [2.75, 3.05) is 39.3 Å². The van der Waals surface area contributed by atoms with Crippen LogP contribution in [0, 0.1) is 5.92 Å². The average molecular weight is 385 g/mol. The van der Waals surface area contributed by atoms with E-state index in [1.807, 2.05) is 0 Å². The lowest BCUT2D eigenvalue weighted by atomic mass is 9.98. The van der Waals surface area contributed by atoms with Gasteiger partial charge in [0.25, 0.3) is 0 Å². The van der Waals surface area contributed by atoms with Gasteiger partial charge in [0.15, 0.2) is 0 Å². The molecule has 4 saturated heterocycles. The third-order valence-electron chi connectivity index (χ3n) is 5.99. The molecule has 4 rings (SSSR count). The molecule has 4 fully saturated rings. The van der Waals surface area contributed by atoms with E-state index in [2.05, 4.69) is 26.7 Å².